The van der Waals surface area contributed by atoms with E-state index in [9.17, 15) is 13.2 Å². The number of aromatic nitrogens is 1. The van der Waals surface area contributed by atoms with E-state index in [0.29, 0.717) is 6.54 Å². The Morgan fingerprint density at radius 2 is 1.28 bits per heavy atom. The van der Waals surface area contributed by atoms with Gasteiger partial charge in [-0.25, -0.2) is 0 Å². The number of rotatable bonds is 8. The largest absolute Gasteiger partial charge is 0.418 e. The molecular formula is C27H25F3N2. The molecule has 2 nitrogen and oxygen atoms in total. The summed E-state index contributed by atoms with van der Waals surface area (Å²) in [7, 11) is 0. The van der Waals surface area contributed by atoms with Crippen LogP contribution in [-0.4, -0.2) is 16.0 Å². The Kier molecular flexibility index (Phi) is 6.76. The second-order valence-electron chi connectivity index (χ2n) is 7.82. The Morgan fingerprint density at radius 1 is 0.656 bits per heavy atom. The maximum atomic E-state index is 13.6. The van der Waals surface area contributed by atoms with Gasteiger partial charge in [0.05, 0.1) is 11.3 Å². The average Bonchev–Trinajstić information content (AvgIpc) is 3.26. The van der Waals surface area contributed by atoms with Crippen molar-refractivity contribution in [3.8, 4) is 5.69 Å². The Hall–Kier alpha value is -3.31. The van der Waals surface area contributed by atoms with Gasteiger partial charge >= 0.3 is 6.18 Å². The van der Waals surface area contributed by atoms with Crippen molar-refractivity contribution in [3.05, 3.63) is 126 Å². The fourth-order valence-corrected chi connectivity index (χ4v) is 3.92. The van der Waals surface area contributed by atoms with Gasteiger partial charge < -0.3 is 4.57 Å². The maximum absolute atomic E-state index is 13.6. The molecule has 1 aromatic heterocycles. The number of halogens is 3. The molecule has 0 aliphatic carbocycles. The standard InChI is InChI=1S/C27H25F3N2/c28-27(29,30)25-15-7-8-16-26(25)32-18-9-14-24(32)21-31(20-23-12-5-2-6-13-23)19-17-22-10-3-1-4-11-22/h1-16,18H,17,19-21H2. The van der Waals surface area contributed by atoms with E-state index in [0.717, 1.165) is 31.3 Å². The third-order valence-corrected chi connectivity index (χ3v) is 5.50. The van der Waals surface area contributed by atoms with Gasteiger partial charge in [0.25, 0.3) is 0 Å². The highest BCUT2D eigenvalue weighted by molar-refractivity contribution is 5.44. The molecule has 0 aliphatic rings. The summed E-state index contributed by atoms with van der Waals surface area (Å²) in [5.74, 6) is 0. The van der Waals surface area contributed by atoms with Gasteiger partial charge in [0.15, 0.2) is 0 Å². The minimum atomic E-state index is -4.41. The van der Waals surface area contributed by atoms with E-state index >= 15 is 0 Å². The molecule has 0 bridgehead atoms. The van der Waals surface area contributed by atoms with Crippen LogP contribution in [0.1, 0.15) is 22.4 Å². The third-order valence-electron chi connectivity index (χ3n) is 5.50. The van der Waals surface area contributed by atoms with Crippen LogP contribution < -0.4 is 0 Å². The van der Waals surface area contributed by atoms with Crippen molar-refractivity contribution in [1.29, 1.82) is 0 Å². The van der Waals surface area contributed by atoms with Gasteiger partial charge in [-0.1, -0.05) is 72.8 Å². The van der Waals surface area contributed by atoms with Crippen LogP contribution in [0.3, 0.4) is 0 Å². The summed E-state index contributed by atoms with van der Waals surface area (Å²) in [6, 6.07) is 29.8. The van der Waals surface area contributed by atoms with Gasteiger partial charge in [0.2, 0.25) is 0 Å². The number of para-hydroxylation sites is 1. The summed E-state index contributed by atoms with van der Waals surface area (Å²) in [6.45, 7) is 2.06. The lowest BCUT2D eigenvalue weighted by atomic mass is 10.1. The van der Waals surface area contributed by atoms with E-state index in [1.54, 1.807) is 22.9 Å². The molecule has 4 aromatic rings. The number of benzene rings is 3. The lowest BCUT2D eigenvalue weighted by Crippen LogP contribution is -2.26. The van der Waals surface area contributed by atoms with Gasteiger partial charge in [0.1, 0.15) is 0 Å². The van der Waals surface area contributed by atoms with Crippen LogP contribution in [0.2, 0.25) is 0 Å². The van der Waals surface area contributed by atoms with E-state index in [4.69, 9.17) is 0 Å². The zero-order chi connectivity index (χ0) is 22.4. The van der Waals surface area contributed by atoms with Crippen molar-refractivity contribution in [2.75, 3.05) is 6.54 Å². The van der Waals surface area contributed by atoms with Crippen LogP contribution in [0.4, 0.5) is 13.2 Å². The van der Waals surface area contributed by atoms with Gasteiger partial charge in [-0.15, -0.1) is 0 Å². The summed E-state index contributed by atoms with van der Waals surface area (Å²) >= 11 is 0. The SMILES string of the molecule is FC(F)(F)c1ccccc1-n1cccc1CN(CCc1ccccc1)Cc1ccccc1. The highest BCUT2D eigenvalue weighted by Crippen LogP contribution is 2.34. The van der Waals surface area contributed by atoms with Gasteiger partial charge in [-0.3, -0.25) is 4.90 Å². The van der Waals surface area contributed by atoms with Crippen LogP contribution in [0, 0.1) is 0 Å². The van der Waals surface area contributed by atoms with Crippen molar-refractivity contribution in [1.82, 2.24) is 9.47 Å². The van der Waals surface area contributed by atoms with Crippen LogP contribution in [-0.2, 0) is 25.7 Å². The minimum absolute atomic E-state index is 0.155. The Morgan fingerprint density at radius 3 is 1.97 bits per heavy atom. The van der Waals surface area contributed by atoms with E-state index in [1.807, 2.05) is 42.5 Å². The van der Waals surface area contributed by atoms with E-state index in [1.165, 1.54) is 23.3 Å². The molecule has 3 aromatic carbocycles. The summed E-state index contributed by atoms with van der Waals surface area (Å²) < 4.78 is 42.5. The molecule has 0 fully saturated rings. The highest BCUT2D eigenvalue weighted by Gasteiger charge is 2.33. The monoisotopic (exact) mass is 434 g/mol. The van der Waals surface area contributed by atoms with Gasteiger partial charge in [-0.2, -0.15) is 13.2 Å². The average molecular weight is 435 g/mol. The molecular weight excluding hydrogens is 409 g/mol. The third kappa shape index (κ3) is 5.48. The van der Waals surface area contributed by atoms with Gasteiger partial charge in [-0.05, 0) is 41.8 Å². The fraction of sp³-hybridized carbons (Fsp3) is 0.185. The lowest BCUT2D eigenvalue weighted by Gasteiger charge is -2.24. The fourth-order valence-electron chi connectivity index (χ4n) is 3.92. The molecule has 0 aliphatic heterocycles. The topological polar surface area (TPSA) is 8.17 Å². The second kappa shape index (κ2) is 9.88. The molecule has 5 heteroatoms. The minimum Gasteiger partial charge on any atom is -0.319 e. The smallest absolute Gasteiger partial charge is 0.319 e. The van der Waals surface area contributed by atoms with Crippen molar-refractivity contribution < 1.29 is 13.2 Å². The Labute approximate surface area is 186 Å². The molecule has 0 N–H and O–H groups in total. The van der Waals surface area contributed by atoms with E-state index in [2.05, 4.69) is 29.2 Å². The van der Waals surface area contributed by atoms with Crippen LogP contribution in [0.15, 0.2) is 103 Å². The molecule has 0 saturated heterocycles. The Bertz CT molecular complexity index is 1120. The molecule has 4 rings (SSSR count). The molecule has 0 amide bonds. The normalized spacial score (nSPS) is 11.8. The van der Waals surface area contributed by atoms with Crippen LogP contribution in [0.5, 0.6) is 0 Å². The first-order valence-corrected chi connectivity index (χ1v) is 10.6. The highest BCUT2D eigenvalue weighted by atomic mass is 19.4. The summed E-state index contributed by atoms with van der Waals surface area (Å²) in [4.78, 5) is 2.28. The first-order valence-electron chi connectivity index (χ1n) is 10.6. The van der Waals surface area contributed by atoms with Crippen LogP contribution >= 0.6 is 0 Å². The van der Waals surface area contributed by atoms with E-state index < -0.39 is 11.7 Å². The number of nitrogens with zero attached hydrogens (tertiary/aromatic N) is 2. The maximum Gasteiger partial charge on any atom is 0.418 e. The molecule has 0 saturated carbocycles. The quantitative estimate of drug-likeness (QED) is 0.298. The summed E-state index contributed by atoms with van der Waals surface area (Å²) in [5, 5.41) is 0. The summed E-state index contributed by atoms with van der Waals surface area (Å²) in [5.41, 5.74) is 2.77. The summed E-state index contributed by atoms with van der Waals surface area (Å²) in [6.07, 6.45) is -1.83. The molecule has 164 valence electrons. The van der Waals surface area contributed by atoms with Crippen molar-refractivity contribution in [2.24, 2.45) is 0 Å². The van der Waals surface area contributed by atoms with Crippen molar-refractivity contribution >= 4 is 0 Å². The molecule has 0 atom stereocenters. The number of hydrogen-bond donors (Lipinski definition) is 0. The predicted molar refractivity (Wildman–Crippen MR) is 121 cm³/mol. The Balaban J connectivity index is 1.60. The predicted octanol–water partition coefficient (Wildman–Crippen LogP) is 6.74. The lowest BCUT2D eigenvalue weighted by molar-refractivity contribution is -0.137. The number of alkyl halides is 3. The van der Waals surface area contributed by atoms with Crippen molar-refractivity contribution in [2.45, 2.75) is 25.7 Å². The molecule has 0 spiro atoms. The molecule has 0 radical (unpaired) electrons. The molecule has 1 heterocycles. The first kappa shape index (κ1) is 21.9. The first-order chi connectivity index (χ1) is 15.5. The van der Waals surface area contributed by atoms with Gasteiger partial charge in [0, 0.05) is 31.5 Å². The number of hydrogen-bond acceptors (Lipinski definition) is 1. The molecule has 32 heavy (non-hydrogen) atoms. The van der Waals surface area contributed by atoms with E-state index in [-0.39, 0.29) is 5.69 Å². The molecule has 0 unspecified atom stereocenters. The van der Waals surface area contributed by atoms with Crippen molar-refractivity contribution in [3.63, 3.8) is 0 Å². The zero-order valence-corrected chi connectivity index (χ0v) is 17.7. The second-order valence-corrected chi connectivity index (χ2v) is 7.82. The van der Waals surface area contributed by atoms with Crippen LogP contribution in [0.25, 0.3) is 5.69 Å². The zero-order valence-electron chi connectivity index (χ0n) is 17.7.